The van der Waals surface area contributed by atoms with E-state index in [-0.39, 0.29) is 12.0 Å². The van der Waals surface area contributed by atoms with E-state index in [0.29, 0.717) is 12.2 Å². The predicted molar refractivity (Wildman–Crippen MR) is 91.0 cm³/mol. The van der Waals surface area contributed by atoms with Crippen LogP contribution in [0.5, 0.6) is 0 Å². The number of carbonyl (C=O) groups excluding carboxylic acids is 1. The molecule has 0 bridgehead atoms. The molecule has 6 nitrogen and oxygen atoms in total. The summed E-state index contributed by atoms with van der Waals surface area (Å²) in [5.74, 6) is 0.757. The van der Waals surface area contributed by atoms with Crippen molar-refractivity contribution in [3.63, 3.8) is 0 Å². The highest BCUT2D eigenvalue weighted by Gasteiger charge is 2.27. The number of hydrogen-bond donors (Lipinski definition) is 0. The van der Waals surface area contributed by atoms with Crippen molar-refractivity contribution in [2.75, 3.05) is 39.3 Å². The van der Waals surface area contributed by atoms with Crippen molar-refractivity contribution in [2.24, 2.45) is 0 Å². The first-order valence-corrected chi connectivity index (χ1v) is 9.35. The fraction of sp³-hybridized carbons (Fsp3) is 0.778. The normalized spacial score (nSPS) is 23.2. The Morgan fingerprint density at radius 1 is 1.25 bits per heavy atom. The molecule has 24 heavy (non-hydrogen) atoms. The van der Waals surface area contributed by atoms with E-state index in [2.05, 4.69) is 17.0 Å². The summed E-state index contributed by atoms with van der Waals surface area (Å²) in [4.78, 5) is 17.1. The number of ether oxygens (including phenoxy) is 1. The van der Waals surface area contributed by atoms with Crippen molar-refractivity contribution < 1.29 is 14.1 Å². The van der Waals surface area contributed by atoms with Crippen molar-refractivity contribution >= 4 is 5.91 Å². The van der Waals surface area contributed by atoms with Gasteiger partial charge >= 0.3 is 0 Å². The van der Waals surface area contributed by atoms with Crippen LogP contribution < -0.4 is 0 Å². The summed E-state index contributed by atoms with van der Waals surface area (Å²) in [6.45, 7) is 7.40. The molecule has 1 aromatic heterocycles. The van der Waals surface area contributed by atoms with Crippen LogP contribution in [0.2, 0.25) is 0 Å². The molecule has 2 fully saturated rings. The minimum Gasteiger partial charge on any atom is -0.375 e. The Kier molecular flexibility index (Phi) is 6.26. The maximum absolute atomic E-state index is 12.7. The van der Waals surface area contributed by atoms with E-state index >= 15 is 0 Å². The molecule has 1 aromatic rings. The van der Waals surface area contributed by atoms with E-state index in [1.807, 2.05) is 4.90 Å². The van der Waals surface area contributed by atoms with Crippen LogP contribution in [0, 0.1) is 0 Å². The molecule has 3 rings (SSSR count). The Balaban J connectivity index is 1.59. The van der Waals surface area contributed by atoms with E-state index in [4.69, 9.17) is 9.26 Å². The van der Waals surface area contributed by atoms with Gasteiger partial charge in [-0.15, -0.1) is 0 Å². The molecule has 0 radical (unpaired) electrons. The third-order valence-electron chi connectivity index (χ3n) is 4.82. The summed E-state index contributed by atoms with van der Waals surface area (Å²) in [5.41, 5.74) is 0.428. The van der Waals surface area contributed by atoms with Gasteiger partial charge in [0.1, 0.15) is 5.76 Å². The van der Waals surface area contributed by atoms with Gasteiger partial charge in [0, 0.05) is 38.7 Å². The SMILES string of the molecule is CCCc1cc(C(=O)N2CCCOC(CN3CCCCC3)C2)no1. The zero-order valence-corrected chi connectivity index (χ0v) is 14.7. The summed E-state index contributed by atoms with van der Waals surface area (Å²) < 4.78 is 11.2. The monoisotopic (exact) mass is 335 g/mol. The predicted octanol–water partition coefficient (Wildman–Crippen LogP) is 2.34. The molecule has 0 spiro atoms. The lowest BCUT2D eigenvalue weighted by molar-refractivity contribution is 0.0215. The molecule has 1 unspecified atom stereocenters. The minimum atomic E-state index is -0.0322. The van der Waals surface area contributed by atoms with Gasteiger partial charge < -0.3 is 19.1 Å². The molecule has 2 aliphatic rings. The van der Waals surface area contributed by atoms with Crippen LogP contribution in [0.1, 0.15) is 55.3 Å². The number of aromatic nitrogens is 1. The molecular formula is C18H29N3O3. The van der Waals surface area contributed by atoms with Gasteiger partial charge in [-0.25, -0.2) is 0 Å². The smallest absolute Gasteiger partial charge is 0.276 e. The van der Waals surface area contributed by atoms with E-state index in [0.717, 1.165) is 57.8 Å². The van der Waals surface area contributed by atoms with Crippen LogP contribution in [0.15, 0.2) is 10.6 Å². The summed E-state index contributed by atoms with van der Waals surface area (Å²) in [5, 5.41) is 3.96. The molecule has 1 amide bonds. The first-order chi connectivity index (χ1) is 11.8. The number of nitrogens with zero attached hydrogens (tertiary/aromatic N) is 3. The first-order valence-electron chi connectivity index (χ1n) is 9.35. The van der Waals surface area contributed by atoms with Crippen LogP contribution in [-0.2, 0) is 11.2 Å². The van der Waals surface area contributed by atoms with Crippen LogP contribution in [0.25, 0.3) is 0 Å². The maximum Gasteiger partial charge on any atom is 0.276 e. The summed E-state index contributed by atoms with van der Waals surface area (Å²) in [6.07, 6.45) is 6.65. The quantitative estimate of drug-likeness (QED) is 0.827. The van der Waals surface area contributed by atoms with E-state index in [1.165, 1.54) is 19.3 Å². The van der Waals surface area contributed by atoms with Crippen molar-refractivity contribution in [1.82, 2.24) is 15.0 Å². The molecule has 2 saturated heterocycles. The molecule has 3 heterocycles. The lowest BCUT2D eigenvalue weighted by atomic mass is 10.1. The molecule has 6 heteroatoms. The molecule has 0 aliphatic carbocycles. The van der Waals surface area contributed by atoms with E-state index < -0.39 is 0 Å². The van der Waals surface area contributed by atoms with Crippen molar-refractivity contribution in [1.29, 1.82) is 0 Å². The van der Waals surface area contributed by atoms with E-state index in [1.54, 1.807) is 6.07 Å². The number of hydrogen-bond acceptors (Lipinski definition) is 5. The van der Waals surface area contributed by atoms with Gasteiger partial charge in [0.2, 0.25) is 0 Å². The molecule has 2 aliphatic heterocycles. The highest BCUT2D eigenvalue weighted by molar-refractivity contribution is 5.92. The van der Waals surface area contributed by atoms with Crippen LogP contribution in [0.4, 0.5) is 0 Å². The molecule has 1 atom stereocenters. The number of aryl methyl sites for hydroxylation is 1. The average molecular weight is 335 g/mol. The second-order valence-corrected chi connectivity index (χ2v) is 6.89. The lowest BCUT2D eigenvalue weighted by Crippen LogP contribution is -2.43. The maximum atomic E-state index is 12.7. The summed E-state index contributed by atoms with van der Waals surface area (Å²) >= 11 is 0. The fourth-order valence-corrected chi connectivity index (χ4v) is 3.56. The third-order valence-corrected chi connectivity index (χ3v) is 4.82. The zero-order chi connectivity index (χ0) is 16.8. The topological polar surface area (TPSA) is 58.8 Å². The second-order valence-electron chi connectivity index (χ2n) is 6.89. The molecule has 0 N–H and O–H groups in total. The molecule has 134 valence electrons. The Bertz CT molecular complexity index is 525. The van der Waals surface area contributed by atoms with Gasteiger partial charge in [-0.1, -0.05) is 18.5 Å². The highest BCUT2D eigenvalue weighted by Crippen LogP contribution is 2.15. The largest absolute Gasteiger partial charge is 0.375 e. The Hall–Kier alpha value is -1.40. The fourth-order valence-electron chi connectivity index (χ4n) is 3.56. The van der Waals surface area contributed by atoms with Crippen LogP contribution in [-0.4, -0.2) is 66.3 Å². The Morgan fingerprint density at radius 3 is 2.88 bits per heavy atom. The van der Waals surface area contributed by atoms with Gasteiger partial charge in [0.05, 0.1) is 6.10 Å². The zero-order valence-electron chi connectivity index (χ0n) is 14.7. The first kappa shape index (κ1) is 17.4. The van der Waals surface area contributed by atoms with Crippen molar-refractivity contribution in [2.45, 2.75) is 51.6 Å². The highest BCUT2D eigenvalue weighted by atomic mass is 16.5. The van der Waals surface area contributed by atoms with Gasteiger partial charge in [-0.2, -0.15) is 0 Å². The number of amides is 1. The van der Waals surface area contributed by atoms with E-state index in [9.17, 15) is 4.79 Å². The van der Waals surface area contributed by atoms with Gasteiger partial charge in [-0.05, 0) is 38.8 Å². The van der Waals surface area contributed by atoms with Crippen molar-refractivity contribution in [3.8, 4) is 0 Å². The van der Waals surface area contributed by atoms with Crippen LogP contribution in [0.3, 0.4) is 0 Å². The lowest BCUT2D eigenvalue weighted by Gasteiger charge is -2.31. The van der Waals surface area contributed by atoms with Gasteiger partial charge in [0.15, 0.2) is 5.69 Å². The van der Waals surface area contributed by atoms with Crippen molar-refractivity contribution in [3.05, 3.63) is 17.5 Å². The number of piperidine rings is 1. The summed E-state index contributed by atoms with van der Waals surface area (Å²) in [7, 11) is 0. The average Bonchev–Trinajstić information content (AvgIpc) is 2.94. The number of rotatable bonds is 5. The third kappa shape index (κ3) is 4.57. The van der Waals surface area contributed by atoms with Gasteiger partial charge in [0.25, 0.3) is 5.91 Å². The molecular weight excluding hydrogens is 306 g/mol. The number of likely N-dealkylation sites (tertiary alicyclic amines) is 1. The summed E-state index contributed by atoms with van der Waals surface area (Å²) in [6, 6.07) is 1.79. The standard InChI is InChI=1S/C18H29N3O3/c1-2-7-15-12-17(19-24-15)18(22)21-10-6-11-23-16(14-21)13-20-8-4-3-5-9-20/h12,16H,2-11,13-14H2,1H3. The van der Waals surface area contributed by atoms with Gasteiger partial charge in [-0.3, -0.25) is 4.79 Å². The van der Waals surface area contributed by atoms with Crippen LogP contribution >= 0.6 is 0 Å². The Labute approximate surface area is 144 Å². The molecule has 0 aromatic carbocycles. The minimum absolute atomic E-state index is 0.0322. The Morgan fingerprint density at radius 2 is 2.08 bits per heavy atom. The molecule has 0 saturated carbocycles. The number of carbonyl (C=O) groups is 1. The second kappa shape index (κ2) is 8.62.